The Morgan fingerprint density at radius 1 is 1.47 bits per heavy atom. The van der Waals surface area contributed by atoms with Crippen molar-refractivity contribution >= 4 is 11.6 Å². The van der Waals surface area contributed by atoms with E-state index in [0.29, 0.717) is 17.8 Å². The van der Waals surface area contributed by atoms with Crippen LogP contribution in [0.25, 0.3) is 0 Å². The molecule has 0 aromatic carbocycles. The predicted molar refractivity (Wildman–Crippen MR) is 57.7 cm³/mol. The van der Waals surface area contributed by atoms with Crippen LogP contribution < -0.4 is 5.32 Å². The Morgan fingerprint density at radius 3 is 3.07 bits per heavy atom. The SMILES string of the molecule is Clc1ccc(COC[C@@H]2CCCN2)nn1. The van der Waals surface area contributed by atoms with Crippen LogP contribution in [0.2, 0.25) is 5.15 Å². The molecule has 0 bridgehead atoms. The highest BCUT2D eigenvalue weighted by molar-refractivity contribution is 6.29. The summed E-state index contributed by atoms with van der Waals surface area (Å²) in [6.45, 7) is 2.35. The van der Waals surface area contributed by atoms with E-state index in [1.54, 1.807) is 6.07 Å². The molecule has 0 spiro atoms. The molecule has 1 aliphatic heterocycles. The number of aromatic nitrogens is 2. The number of ether oxygens (including phenoxy) is 1. The van der Waals surface area contributed by atoms with Crippen LogP contribution in [-0.2, 0) is 11.3 Å². The largest absolute Gasteiger partial charge is 0.373 e. The maximum Gasteiger partial charge on any atom is 0.151 e. The third kappa shape index (κ3) is 3.41. The van der Waals surface area contributed by atoms with Gasteiger partial charge in [-0.25, -0.2) is 0 Å². The van der Waals surface area contributed by atoms with Crippen molar-refractivity contribution in [3.8, 4) is 0 Å². The molecular weight excluding hydrogens is 214 g/mol. The highest BCUT2D eigenvalue weighted by Crippen LogP contribution is 2.07. The van der Waals surface area contributed by atoms with Crippen LogP contribution in [0, 0.1) is 0 Å². The van der Waals surface area contributed by atoms with E-state index in [2.05, 4.69) is 15.5 Å². The molecule has 1 aliphatic rings. The van der Waals surface area contributed by atoms with Gasteiger partial charge < -0.3 is 10.1 Å². The Balaban J connectivity index is 1.71. The van der Waals surface area contributed by atoms with Gasteiger partial charge in [0, 0.05) is 6.04 Å². The molecular formula is C10H14ClN3O. The number of nitrogens with one attached hydrogen (secondary N) is 1. The molecule has 1 aromatic heterocycles. The molecule has 0 saturated carbocycles. The van der Waals surface area contributed by atoms with E-state index in [0.717, 1.165) is 18.8 Å². The summed E-state index contributed by atoms with van der Waals surface area (Å²) < 4.78 is 5.54. The monoisotopic (exact) mass is 227 g/mol. The second kappa shape index (κ2) is 5.39. The number of nitrogens with zero attached hydrogens (tertiary/aromatic N) is 2. The minimum Gasteiger partial charge on any atom is -0.373 e. The first kappa shape index (κ1) is 10.8. The lowest BCUT2D eigenvalue weighted by Crippen LogP contribution is -2.26. The molecule has 82 valence electrons. The van der Waals surface area contributed by atoms with Crippen molar-refractivity contribution in [2.24, 2.45) is 0 Å². The number of rotatable bonds is 4. The zero-order chi connectivity index (χ0) is 10.5. The topological polar surface area (TPSA) is 47.0 Å². The first-order chi connectivity index (χ1) is 7.34. The van der Waals surface area contributed by atoms with E-state index < -0.39 is 0 Å². The van der Waals surface area contributed by atoms with Gasteiger partial charge in [0.15, 0.2) is 5.15 Å². The van der Waals surface area contributed by atoms with E-state index in [1.807, 2.05) is 6.07 Å². The van der Waals surface area contributed by atoms with Gasteiger partial charge in [0.25, 0.3) is 0 Å². The summed E-state index contributed by atoms with van der Waals surface area (Å²) in [6, 6.07) is 4.06. The van der Waals surface area contributed by atoms with Crippen LogP contribution in [-0.4, -0.2) is 29.4 Å². The molecule has 0 aliphatic carbocycles. The normalized spacial score (nSPS) is 20.7. The van der Waals surface area contributed by atoms with Crippen LogP contribution in [0.15, 0.2) is 12.1 Å². The first-order valence-electron chi connectivity index (χ1n) is 5.14. The molecule has 1 atom stereocenters. The van der Waals surface area contributed by atoms with Gasteiger partial charge in [0.2, 0.25) is 0 Å². The summed E-state index contributed by atoms with van der Waals surface area (Å²) in [5.74, 6) is 0. The van der Waals surface area contributed by atoms with Gasteiger partial charge in [-0.15, -0.1) is 5.10 Å². The van der Waals surface area contributed by atoms with Gasteiger partial charge in [0.05, 0.1) is 18.9 Å². The maximum absolute atomic E-state index is 5.62. The molecule has 1 aromatic rings. The Kier molecular flexibility index (Phi) is 3.88. The van der Waals surface area contributed by atoms with Gasteiger partial charge in [-0.3, -0.25) is 0 Å². The quantitative estimate of drug-likeness (QED) is 0.845. The second-order valence-electron chi connectivity index (χ2n) is 3.66. The maximum atomic E-state index is 5.62. The van der Waals surface area contributed by atoms with Crippen LogP contribution in [0.4, 0.5) is 0 Å². The highest BCUT2D eigenvalue weighted by Gasteiger charge is 2.13. The minimum atomic E-state index is 0.413. The zero-order valence-electron chi connectivity index (χ0n) is 8.45. The van der Waals surface area contributed by atoms with E-state index in [1.165, 1.54) is 12.8 Å². The van der Waals surface area contributed by atoms with E-state index >= 15 is 0 Å². The fourth-order valence-corrected chi connectivity index (χ4v) is 1.73. The van der Waals surface area contributed by atoms with Crippen LogP contribution in [0.1, 0.15) is 18.5 Å². The Morgan fingerprint density at radius 2 is 2.40 bits per heavy atom. The van der Waals surface area contributed by atoms with Crippen molar-refractivity contribution in [2.75, 3.05) is 13.2 Å². The number of halogens is 1. The van der Waals surface area contributed by atoms with Gasteiger partial charge in [-0.05, 0) is 31.5 Å². The lowest BCUT2D eigenvalue weighted by molar-refractivity contribution is 0.100. The molecule has 1 N–H and O–H groups in total. The lowest BCUT2D eigenvalue weighted by atomic mass is 10.2. The van der Waals surface area contributed by atoms with Crippen LogP contribution in [0.3, 0.4) is 0 Å². The third-order valence-corrected chi connectivity index (χ3v) is 2.62. The lowest BCUT2D eigenvalue weighted by Gasteiger charge is -2.09. The Hall–Kier alpha value is -0.710. The van der Waals surface area contributed by atoms with E-state index in [4.69, 9.17) is 16.3 Å². The zero-order valence-corrected chi connectivity index (χ0v) is 9.20. The fourth-order valence-electron chi connectivity index (χ4n) is 1.63. The average molecular weight is 228 g/mol. The first-order valence-corrected chi connectivity index (χ1v) is 5.51. The van der Waals surface area contributed by atoms with Crippen LogP contribution in [0.5, 0.6) is 0 Å². The van der Waals surface area contributed by atoms with Crippen LogP contribution >= 0.6 is 11.6 Å². The molecule has 0 radical (unpaired) electrons. The molecule has 2 heterocycles. The summed E-state index contributed by atoms with van der Waals surface area (Å²) in [6.07, 6.45) is 2.45. The van der Waals surface area contributed by atoms with Crippen molar-refractivity contribution in [1.29, 1.82) is 0 Å². The summed E-state index contributed by atoms with van der Waals surface area (Å²) >= 11 is 5.62. The van der Waals surface area contributed by atoms with Crippen molar-refractivity contribution in [3.63, 3.8) is 0 Å². The van der Waals surface area contributed by atoms with Gasteiger partial charge in [-0.1, -0.05) is 11.6 Å². The predicted octanol–water partition coefficient (Wildman–Crippen LogP) is 1.40. The average Bonchev–Trinajstić information content (AvgIpc) is 2.74. The number of hydrogen-bond acceptors (Lipinski definition) is 4. The number of hydrogen-bond donors (Lipinski definition) is 1. The Labute approximate surface area is 94.0 Å². The molecule has 5 heteroatoms. The smallest absolute Gasteiger partial charge is 0.151 e. The summed E-state index contributed by atoms with van der Waals surface area (Å²) in [5, 5.41) is 11.4. The second-order valence-corrected chi connectivity index (χ2v) is 4.04. The highest BCUT2D eigenvalue weighted by atomic mass is 35.5. The van der Waals surface area contributed by atoms with Gasteiger partial charge in [-0.2, -0.15) is 5.10 Å². The van der Waals surface area contributed by atoms with Crippen molar-refractivity contribution in [1.82, 2.24) is 15.5 Å². The van der Waals surface area contributed by atoms with Gasteiger partial charge in [0.1, 0.15) is 0 Å². The molecule has 1 saturated heterocycles. The summed E-state index contributed by atoms with van der Waals surface area (Å²) in [7, 11) is 0. The molecule has 15 heavy (non-hydrogen) atoms. The van der Waals surface area contributed by atoms with E-state index in [9.17, 15) is 0 Å². The van der Waals surface area contributed by atoms with Gasteiger partial charge >= 0.3 is 0 Å². The standard InChI is InChI=1S/C10H14ClN3O/c11-10-4-3-9(13-14-10)7-15-6-8-2-1-5-12-8/h3-4,8,12H,1-2,5-7H2/t8-/m0/s1. The molecule has 0 unspecified atom stereocenters. The van der Waals surface area contributed by atoms with E-state index in [-0.39, 0.29) is 0 Å². The molecule has 2 rings (SSSR count). The van der Waals surface area contributed by atoms with Crippen molar-refractivity contribution < 1.29 is 4.74 Å². The fraction of sp³-hybridized carbons (Fsp3) is 0.600. The summed E-state index contributed by atoms with van der Waals surface area (Å²) in [5.41, 5.74) is 0.817. The summed E-state index contributed by atoms with van der Waals surface area (Å²) in [4.78, 5) is 0. The third-order valence-electron chi connectivity index (χ3n) is 2.42. The minimum absolute atomic E-state index is 0.413. The Bertz CT molecular complexity index is 298. The molecule has 1 fully saturated rings. The van der Waals surface area contributed by atoms with Crippen molar-refractivity contribution in [3.05, 3.63) is 23.0 Å². The molecule has 0 amide bonds. The molecule has 4 nitrogen and oxygen atoms in total. The van der Waals surface area contributed by atoms with Crippen molar-refractivity contribution in [2.45, 2.75) is 25.5 Å².